The number of nitrogen functional groups attached to an aromatic ring is 1. The standard InChI is InChI=1S/C13H20N2O2S/c1-13(2)8-5-9-15(13)18(16,17)10-11-6-3-4-7-12(11)14/h3-4,6-7H,5,8-10,14H2,1-2H3. The smallest absolute Gasteiger partial charge is 0.218 e. The summed E-state index contributed by atoms with van der Waals surface area (Å²) < 4.78 is 26.5. The Kier molecular flexibility index (Phi) is 3.38. The van der Waals surface area contributed by atoms with Crippen molar-refractivity contribution in [1.29, 1.82) is 0 Å². The molecule has 0 amide bonds. The third-order valence-corrected chi connectivity index (χ3v) is 5.58. The Bertz CT molecular complexity index is 538. The van der Waals surface area contributed by atoms with Gasteiger partial charge in [0.25, 0.3) is 0 Å². The second kappa shape index (κ2) is 4.55. The van der Waals surface area contributed by atoms with Crippen LogP contribution in [0.5, 0.6) is 0 Å². The van der Waals surface area contributed by atoms with E-state index in [0.29, 0.717) is 17.8 Å². The minimum absolute atomic E-state index is 0.0108. The number of hydrogen-bond acceptors (Lipinski definition) is 3. The molecule has 1 aromatic carbocycles. The zero-order chi connectivity index (χ0) is 13.4. The van der Waals surface area contributed by atoms with Crippen LogP contribution in [0.2, 0.25) is 0 Å². The van der Waals surface area contributed by atoms with E-state index in [1.54, 1.807) is 16.4 Å². The lowest BCUT2D eigenvalue weighted by Crippen LogP contribution is -2.43. The topological polar surface area (TPSA) is 63.4 Å². The fraction of sp³-hybridized carbons (Fsp3) is 0.538. The van der Waals surface area contributed by atoms with Crippen molar-refractivity contribution in [3.05, 3.63) is 29.8 Å². The quantitative estimate of drug-likeness (QED) is 0.852. The Morgan fingerprint density at radius 1 is 1.33 bits per heavy atom. The number of para-hydroxylation sites is 1. The fourth-order valence-corrected chi connectivity index (χ4v) is 4.60. The van der Waals surface area contributed by atoms with E-state index < -0.39 is 10.0 Å². The molecule has 0 bridgehead atoms. The van der Waals surface area contributed by atoms with E-state index in [-0.39, 0.29) is 11.3 Å². The highest BCUT2D eigenvalue weighted by Gasteiger charge is 2.39. The van der Waals surface area contributed by atoms with Crippen molar-refractivity contribution in [1.82, 2.24) is 4.31 Å². The fourth-order valence-electron chi connectivity index (χ4n) is 2.54. The normalized spacial score (nSPS) is 20.1. The van der Waals surface area contributed by atoms with Crippen LogP contribution in [0.1, 0.15) is 32.3 Å². The maximum absolute atomic E-state index is 12.4. The van der Waals surface area contributed by atoms with Crippen molar-refractivity contribution < 1.29 is 8.42 Å². The van der Waals surface area contributed by atoms with Crippen LogP contribution in [-0.2, 0) is 15.8 Å². The predicted molar refractivity (Wildman–Crippen MR) is 73.5 cm³/mol. The Labute approximate surface area is 109 Å². The van der Waals surface area contributed by atoms with Gasteiger partial charge in [-0.2, -0.15) is 4.31 Å². The van der Waals surface area contributed by atoms with E-state index in [1.165, 1.54) is 0 Å². The van der Waals surface area contributed by atoms with Gasteiger partial charge < -0.3 is 5.73 Å². The zero-order valence-corrected chi connectivity index (χ0v) is 11.7. The summed E-state index contributed by atoms with van der Waals surface area (Å²) in [5.74, 6) is -0.0108. The molecule has 1 fully saturated rings. The van der Waals surface area contributed by atoms with Crippen LogP contribution in [-0.4, -0.2) is 24.8 Å². The molecule has 100 valence electrons. The van der Waals surface area contributed by atoms with Gasteiger partial charge in [-0.15, -0.1) is 0 Å². The van der Waals surface area contributed by atoms with Crippen LogP contribution in [0.3, 0.4) is 0 Å². The van der Waals surface area contributed by atoms with E-state index in [0.717, 1.165) is 12.8 Å². The van der Waals surface area contributed by atoms with E-state index in [2.05, 4.69) is 0 Å². The summed E-state index contributed by atoms with van der Waals surface area (Å²) in [4.78, 5) is 0. The molecule has 0 saturated carbocycles. The molecule has 2 N–H and O–H groups in total. The molecule has 0 unspecified atom stereocenters. The number of hydrogen-bond donors (Lipinski definition) is 1. The molecule has 4 nitrogen and oxygen atoms in total. The molecule has 1 aliphatic rings. The SMILES string of the molecule is CC1(C)CCCN1S(=O)(=O)Cc1ccccc1N. The second-order valence-electron chi connectivity index (χ2n) is 5.44. The Hall–Kier alpha value is -1.07. The summed E-state index contributed by atoms with van der Waals surface area (Å²) in [5, 5.41) is 0. The molecular formula is C13H20N2O2S. The Morgan fingerprint density at radius 3 is 2.56 bits per heavy atom. The van der Waals surface area contributed by atoms with Crippen LogP contribution in [0.25, 0.3) is 0 Å². The van der Waals surface area contributed by atoms with E-state index in [9.17, 15) is 8.42 Å². The first-order valence-corrected chi connectivity index (χ1v) is 7.78. The lowest BCUT2D eigenvalue weighted by molar-refractivity contribution is 0.291. The monoisotopic (exact) mass is 268 g/mol. The van der Waals surface area contributed by atoms with E-state index in [4.69, 9.17) is 5.73 Å². The molecule has 0 aliphatic carbocycles. The van der Waals surface area contributed by atoms with E-state index >= 15 is 0 Å². The summed E-state index contributed by atoms with van der Waals surface area (Å²) >= 11 is 0. The van der Waals surface area contributed by atoms with Crippen LogP contribution >= 0.6 is 0 Å². The largest absolute Gasteiger partial charge is 0.398 e. The number of nitrogens with two attached hydrogens (primary N) is 1. The van der Waals surface area contributed by atoms with Crippen LogP contribution in [0.15, 0.2) is 24.3 Å². The lowest BCUT2D eigenvalue weighted by atomic mass is 10.0. The highest BCUT2D eigenvalue weighted by atomic mass is 32.2. The van der Waals surface area contributed by atoms with Gasteiger partial charge in [0, 0.05) is 17.8 Å². The molecule has 1 aromatic rings. The first kappa shape index (κ1) is 13.4. The summed E-state index contributed by atoms with van der Waals surface area (Å²) in [6.07, 6.45) is 1.84. The minimum Gasteiger partial charge on any atom is -0.398 e. The molecule has 5 heteroatoms. The van der Waals surface area contributed by atoms with Crippen molar-refractivity contribution >= 4 is 15.7 Å². The molecule has 1 aliphatic heterocycles. The van der Waals surface area contributed by atoms with Gasteiger partial charge in [0.2, 0.25) is 10.0 Å². The summed E-state index contributed by atoms with van der Waals surface area (Å²) in [7, 11) is -3.29. The van der Waals surface area contributed by atoms with Crippen LogP contribution < -0.4 is 5.73 Å². The van der Waals surface area contributed by atoms with Gasteiger partial charge >= 0.3 is 0 Å². The summed E-state index contributed by atoms with van der Waals surface area (Å²) in [6.45, 7) is 4.57. The first-order chi connectivity index (χ1) is 8.33. The highest BCUT2D eigenvalue weighted by molar-refractivity contribution is 7.88. The number of nitrogens with zero attached hydrogens (tertiary/aromatic N) is 1. The molecule has 1 heterocycles. The maximum atomic E-state index is 12.4. The minimum atomic E-state index is -3.29. The molecule has 18 heavy (non-hydrogen) atoms. The molecule has 0 atom stereocenters. The van der Waals surface area contributed by atoms with Crippen molar-refractivity contribution in [3.63, 3.8) is 0 Å². The van der Waals surface area contributed by atoms with Gasteiger partial charge in [0.15, 0.2) is 0 Å². The molecule has 0 radical (unpaired) electrons. The van der Waals surface area contributed by atoms with Gasteiger partial charge in [-0.05, 0) is 38.3 Å². The van der Waals surface area contributed by atoms with Gasteiger partial charge in [0.1, 0.15) is 0 Å². The summed E-state index contributed by atoms with van der Waals surface area (Å²) in [5.41, 5.74) is 6.76. The number of anilines is 1. The summed E-state index contributed by atoms with van der Waals surface area (Å²) in [6, 6.07) is 7.14. The second-order valence-corrected chi connectivity index (χ2v) is 7.34. The molecule has 0 spiro atoms. The van der Waals surface area contributed by atoms with Gasteiger partial charge in [-0.25, -0.2) is 8.42 Å². The molecule has 1 saturated heterocycles. The highest BCUT2D eigenvalue weighted by Crippen LogP contribution is 2.32. The number of rotatable bonds is 3. The number of benzene rings is 1. The molecular weight excluding hydrogens is 248 g/mol. The van der Waals surface area contributed by atoms with Crippen molar-refractivity contribution in [2.24, 2.45) is 0 Å². The van der Waals surface area contributed by atoms with Crippen molar-refractivity contribution in [3.8, 4) is 0 Å². The first-order valence-electron chi connectivity index (χ1n) is 6.17. The van der Waals surface area contributed by atoms with Crippen molar-refractivity contribution in [2.45, 2.75) is 38.0 Å². The zero-order valence-electron chi connectivity index (χ0n) is 10.9. The average Bonchev–Trinajstić information content (AvgIpc) is 2.62. The van der Waals surface area contributed by atoms with Crippen LogP contribution in [0.4, 0.5) is 5.69 Å². The number of sulfonamides is 1. The lowest BCUT2D eigenvalue weighted by Gasteiger charge is -2.30. The Morgan fingerprint density at radius 2 is 2.00 bits per heavy atom. The van der Waals surface area contributed by atoms with Gasteiger partial charge in [-0.1, -0.05) is 18.2 Å². The Balaban J connectivity index is 2.26. The third kappa shape index (κ3) is 2.52. The van der Waals surface area contributed by atoms with Crippen LogP contribution in [0, 0.1) is 0 Å². The molecule has 0 aromatic heterocycles. The van der Waals surface area contributed by atoms with Crippen molar-refractivity contribution in [2.75, 3.05) is 12.3 Å². The van der Waals surface area contributed by atoms with E-state index in [1.807, 2.05) is 26.0 Å². The van der Waals surface area contributed by atoms with Gasteiger partial charge in [0.05, 0.1) is 5.75 Å². The average molecular weight is 268 g/mol. The molecule has 2 rings (SSSR count). The maximum Gasteiger partial charge on any atom is 0.218 e. The third-order valence-electron chi connectivity index (χ3n) is 3.55. The van der Waals surface area contributed by atoms with Gasteiger partial charge in [-0.3, -0.25) is 0 Å². The predicted octanol–water partition coefficient (Wildman–Crippen LogP) is 1.97.